The SMILES string of the molecule is CC(C)CC(C)N(C)S(=O)(=O)c1csc(CCl)c1. The van der Waals surface area contributed by atoms with Crippen LogP contribution in [0.2, 0.25) is 0 Å². The highest BCUT2D eigenvalue weighted by molar-refractivity contribution is 7.89. The average molecular weight is 310 g/mol. The average Bonchev–Trinajstić information content (AvgIpc) is 2.76. The molecule has 0 aromatic carbocycles. The molecule has 18 heavy (non-hydrogen) atoms. The van der Waals surface area contributed by atoms with Crippen molar-refractivity contribution in [3.8, 4) is 0 Å². The summed E-state index contributed by atoms with van der Waals surface area (Å²) >= 11 is 7.08. The first-order chi connectivity index (χ1) is 8.28. The number of sulfonamides is 1. The van der Waals surface area contributed by atoms with E-state index in [1.54, 1.807) is 18.5 Å². The number of rotatable bonds is 6. The fourth-order valence-corrected chi connectivity index (χ4v) is 4.55. The summed E-state index contributed by atoms with van der Waals surface area (Å²) in [5.41, 5.74) is 0. The van der Waals surface area contributed by atoms with Crippen LogP contribution in [-0.2, 0) is 15.9 Å². The second kappa shape index (κ2) is 6.37. The summed E-state index contributed by atoms with van der Waals surface area (Å²) in [7, 11) is -1.75. The van der Waals surface area contributed by atoms with Gasteiger partial charge in [0, 0.05) is 23.3 Å². The summed E-state index contributed by atoms with van der Waals surface area (Å²) in [4.78, 5) is 1.22. The topological polar surface area (TPSA) is 37.4 Å². The van der Waals surface area contributed by atoms with E-state index in [0.29, 0.717) is 16.7 Å². The van der Waals surface area contributed by atoms with Crippen LogP contribution in [-0.4, -0.2) is 25.8 Å². The monoisotopic (exact) mass is 309 g/mol. The Morgan fingerprint density at radius 1 is 1.39 bits per heavy atom. The molecule has 1 heterocycles. The van der Waals surface area contributed by atoms with Crippen molar-refractivity contribution in [2.24, 2.45) is 5.92 Å². The van der Waals surface area contributed by atoms with Gasteiger partial charge in [-0.2, -0.15) is 4.31 Å². The van der Waals surface area contributed by atoms with Crippen LogP contribution in [0.1, 0.15) is 32.1 Å². The van der Waals surface area contributed by atoms with E-state index in [1.807, 2.05) is 6.92 Å². The minimum atomic E-state index is -3.39. The lowest BCUT2D eigenvalue weighted by atomic mass is 10.1. The maximum absolute atomic E-state index is 12.4. The first-order valence-electron chi connectivity index (χ1n) is 5.90. The van der Waals surface area contributed by atoms with Crippen molar-refractivity contribution in [3.05, 3.63) is 16.3 Å². The van der Waals surface area contributed by atoms with Crippen LogP contribution < -0.4 is 0 Å². The van der Waals surface area contributed by atoms with E-state index < -0.39 is 10.0 Å². The van der Waals surface area contributed by atoms with Crippen molar-refractivity contribution in [1.29, 1.82) is 0 Å². The highest BCUT2D eigenvalue weighted by atomic mass is 35.5. The first-order valence-corrected chi connectivity index (χ1v) is 8.75. The molecule has 6 heteroatoms. The zero-order valence-corrected chi connectivity index (χ0v) is 13.6. The number of thiophene rings is 1. The molecule has 1 aromatic rings. The van der Waals surface area contributed by atoms with Crippen LogP contribution >= 0.6 is 22.9 Å². The van der Waals surface area contributed by atoms with Gasteiger partial charge in [-0.15, -0.1) is 22.9 Å². The van der Waals surface area contributed by atoms with E-state index in [1.165, 1.54) is 15.6 Å². The Morgan fingerprint density at radius 3 is 2.44 bits per heavy atom. The minimum absolute atomic E-state index is 0.00523. The van der Waals surface area contributed by atoms with Gasteiger partial charge in [0.1, 0.15) is 0 Å². The summed E-state index contributed by atoms with van der Waals surface area (Å²) in [6, 6.07) is 1.65. The maximum Gasteiger partial charge on any atom is 0.243 e. The Morgan fingerprint density at radius 2 is 2.00 bits per heavy atom. The summed E-state index contributed by atoms with van der Waals surface area (Å²) in [5, 5.41) is 1.66. The van der Waals surface area contributed by atoms with Crippen LogP contribution in [0, 0.1) is 5.92 Å². The van der Waals surface area contributed by atoms with Gasteiger partial charge in [0.05, 0.1) is 10.8 Å². The fraction of sp³-hybridized carbons (Fsp3) is 0.667. The summed E-state index contributed by atoms with van der Waals surface area (Å²) < 4.78 is 26.2. The van der Waals surface area contributed by atoms with Crippen molar-refractivity contribution in [1.82, 2.24) is 4.31 Å². The number of halogens is 1. The molecule has 0 aliphatic carbocycles. The molecule has 0 aliphatic heterocycles. The van der Waals surface area contributed by atoms with Gasteiger partial charge in [0.2, 0.25) is 10.0 Å². The van der Waals surface area contributed by atoms with Crippen molar-refractivity contribution >= 4 is 33.0 Å². The molecule has 3 nitrogen and oxygen atoms in total. The molecular weight excluding hydrogens is 290 g/mol. The van der Waals surface area contributed by atoms with E-state index >= 15 is 0 Å². The molecule has 0 radical (unpaired) electrons. The standard InChI is InChI=1S/C12H20ClNO2S2/c1-9(2)5-10(3)14(4)18(15,16)12-6-11(7-13)17-8-12/h6,8-10H,5,7H2,1-4H3. The van der Waals surface area contributed by atoms with E-state index in [2.05, 4.69) is 13.8 Å². The van der Waals surface area contributed by atoms with Gasteiger partial charge in [-0.05, 0) is 25.3 Å². The van der Waals surface area contributed by atoms with E-state index in [9.17, 15) is 8.42 Å². The lowest BCUT2D eigenvalue weighted by Gasteiger charge is -2.25. The molecule has 1 rings (SSSR count). The molecule has 0 saturated carbocycles. The third-order valence-corrected chi connectivity index (χ3v) is 6.35. The van der Waals surface area contributed by atoms with Gasteiger partial charge in [0.15, 0.2) is 0 Å². The van der Waals surface area contributed by atoms with Crippen LogP contribution in [0.15, 0.2) is 16.3 Å². The molecule has 0 saturated heterocycles. The van der Waals surface area contributed by atoms with Gasteiger partial charge in [-0.3, -0.25) is 0 Å². The zero-order valence-electron chi connectivity index (χ0n) is 11.2. The first kappa shape index (κ1) is 16.0. The number of nitrogens with zero attached hydrogens (tertiary/aromatic N) is 1. The van der Waals surface area contributed by atoms with Crippen molar-refractivity contribution in [3.63, 3.8) is 0 Å². The maximum atomic E-state index is 12.4. The molecule has 0 amide bonds. The van der Waals surface area contributed by atoms with Crippen LogP contribution in [0.25, 0.3) is 0 Å². The molecule has 0 N–H and O–H groups in total. The number of hydrogen-bond acceptors (Lipinski definition) is 3. The van der Waals surface area contributed by atoms with Crippen molar-refractivity contribution in [2.75, 3.05) is 7.05 Å². The van der Waals surface area contributed by atoms with Crippen LogP contribution in [0.5, 0.6) is 0 Å². The fourth-order valence-electron chi connectivity index (χ4n) is 1.80. The second-order valence-electron chi connectivity index (χ2n) is 4.88. The van der Waals surface area contributed by atoms with Crippen molar-refractivity contribution < 1.29 is 8.42 Å². The summed E-state index contributed by atoms with van der Waals surface area (Å²) in [5.74, 6) is 0.823. The smallest absolute Gasteiger partial charge is 0.207 e. The molecule has 0 spiro atoms. The molecule has 1 unspecified atom stereocenters. The number of hydrogen-bond donors (Lipinski definition) is 0. The third kappa shape index (κ3) is 3.70. The Labute approximate surface area is 119 Å². The Bertz CT molecular complexity index is 482. The van der Waals surface area contributed by atoms with Gasteiger partial charge in [0.25, 0.3) is 0 Å². The van der Waals surface area contributed by atoms with E-state index in [0.717, 1.165) is 11.3 Å². The van der Waals surface area contributed by atoms with Crippen molar-refractivity contribution in [2.45, 2.75) is 44.0 Å². The number of alkyl halides is 1. The Kier molecular flexibility index (Phi) is 5.65. The van der Waals surface area contributed by atoms with Gasteiger partial charge < -0.3 is 0 Å². The van der Waals surface area contributed by atoms with E-state index in [4.69, 9.17) is 11.6 Å². The molecule has 1 atom stereocenters. The highest BCUT2D eigenvalue weighted by Crippen LogP contribution is 2.25. The van der Waals surface area contributed by atoms with Gasteiger partial charge in [-0.1, -0.05) is 13.8 Å². The highest BCUT2D eigenvalue weighted by Gasteiger charge is 2.26. The van der Waals surface area contributed by atoms with Gasteiger partial charge in [-0.25, -0.2) is 8.42 Å². The second-order valence-corrected chi connectivity index (χ2v) is 8.14. The predicted octanol–water partition coefficient (Wildman–Crippen LogP) is 3.54. The largest absolute Gasteiger partial charge is 0.243 e. The summed E-state index contributed by atoms with van der Waals surface area (Å²) in [6.45, 7) is 6.12. The van der Waals surface area contributed by atoms with Crippen LogP contribution in [0.4, 0.5) is 0 Å². The van der Waals surface area contributed by atoms with E-state index in [-0.39, 0.29) is 6.04 Å². The molecule has 104 valence electrons. The molecule has 0 aliphatic rings. The zero-order chi connectivity index (χ0) is 13.9. The Hall–Kier alpha value is -0.100. The van der Waals surface area contributed by atoms with Crippen LogP contribution in [0.3, 0.4) is 0 Å². The lowest BCUT2D eigenvalue weighted by molar-refractivity contribution is 0.338. The van der Waals surface area contributed by atoms with Gasteiger partial charge >= 0.3 is 0 Å². The minimum Gasteiger partial charge on any atom is -0.207 e. The predicted molar refractivity (Wildman–Crippen MR) is 77.7 cm³/mol. The molecule has 0 fully saturated rings. The molecule has 0 bridgehead atoms. The quantitative estimate of drug-likeness (QED) is 0.754. The molecule has 1 aromatic heterocycles. The lowest BCUT2D eigenvalue weighted by Crippen LogP contribution is -2.35. The normalized spacial score (nSPS) is 14.4. The summed E-state index contributed by atoms with van der Waals surface area (Å²) in [6.07, 6.45) is 0.849. The Balaban J connectivity index is 2.92. The molecular formula is C12H20ClNO2S2. The third-order valence-electron chi connectivity index (χ3n) is 2.87.